The molecule has 0 aliphatic heterocycles. The van der Waals surface area contributed by atoms with Crippen LogP contribution < -0.4 is 0 Å². The molecule has 3 nitrogen and oxygen atoms in total. The van der Waals surface area contributed by atoms with Crippen LogP contribution in [0.15, 0.2) is 61.2 Å². The van der Waals surface area contributed by atoms with Gasteiger partial charge in [0, 0.05) is 16.0 Å². The van der Waals surface area contributed by atoms with Crippen molar-refractivity contribution in [3.05, 3.63) is 77.5 Å². The Morgan fingerprint density at radius 3 is 2.71 bits per heavy atom. The van der Waals surface area contributed by atoms with E-state index in [0.29, 0.717) is 16.3 Å². The fourth-order valence-electron chi connectivity index (χ4n) is 2.72. The molecule has 0 saturated carbocycles. The van der Waals surface area contributed by atoms with E-state index in [1.54, 1.807) is 12.1 Å². The molecule has 0 fully saturated rings. The van der Waals surface area contributed by atoms with Gasteiger partial charge in [0.15, 0.2) is 0 Å². The third-order valence-corrected chi connectivity index (χ3v) is 3.96. The lowest BCUT2D eigenvalue weighted by Gasteiger charge is -2.15. The van der Waals surface area contributed by atoms with Gasteiger partial charge in [-0.05, 0) is 30.7 Å². The quantitative estimate of drug-likeness (QED) is 0.485. The van der Waals surface area contributed by atoms with E-state index < -0.39 is 5.97 Å². The minimum atomic E-state index is -0.416. The number of aryl methyl sites for hydroxylation is 1. The highest BCUT2D eigenvalue weighted by molar-refractivity contribution is 6.31. The number of halogens is 1. The maximum absolute atomic E-state index is 12.6. The van der Waals surface area contributed by atoms with Gasteiger partial charge in [0.2, 0.25) is 0 Å². The van der Waals surface area contributed by atoms with Gasteiger partial charge in [-0.3, -0.25) is 4.98 Å². The Morgan fingerprint density at radius 2 is 2.00 bits per heavy atom. The summed E-state index contributed by atoms with van der Waals surface area (Å²) in [4.78, 5) is 17.2. The average Bonchev–Trinajstić information content (AvgIpc) is 2.59. The second kappa shape index (κ2) is 6.85. The van der Waals surface area contributed by atoms with E-state index in [0.717, 1.165) is 22.0 Å². The Morgan fingerprint density at radius 1 is 1.25 bits per heavy atom. The molecule has 2 aromatic carbocycles. The number of rotatable bonds is 4. The number of ether oxygens (including phenoxy) is 1. The zero-order chi connectivity index (χ0) is 17.1. The maximum atomic E-state index is 12.6. The molecule has 0 bridgehead atoms. The van der Waals surface area contributed by atoms with Crippen LogP contribution in [0.4, 0.5) is 0 Å². The normalized spacial score (nSPS) is 10.6. The third-order valence-electron chi connectivity index (χ3n) is 3.73. The molecule has 0 radical (unpaired) electrons. The zero-order valence-electron chi connectivity index (χ0n) is 13.3. The van der Waals surface area contributed by atoms with Crippen molar-refractivity contribution in [2.24, 2.45) is 0 Å². The molecule has 0 N–H and O–H groups in total. The van der Waals surface area contributed by atoms with E-state index in [9.17, 15) is 4.79 Å². The molecule has 24 heavy (non-hydrogen) atoms. The summed E-state index contributed by atoms with van der Waals surface area (Å²) < 4.78 is 5.27. The molecule has 0 spiro atoms. The number of esters is 1. The number of hydrogen-bond donors (Lipinski definition) is 0. The van der Waals surface area contributed by atoms with Crippen LogP contribution in [0.2, 0.25) is 5.02 Å². The summed E-state index contributed by atoms with van der Waals surface area (Å²) in [5, 5.41) is 1.42. The molecular weight excluding hydrogens is 322 g/mol. The van der Waals surface area contributed by atoms with Crippen LogP contribution in [0.3, 0.4) is 0 Å². The number of nitrogens with zero attached hydrogens (tertiary/aromatic N) is 1. The van der Waals surface area contributed by atoms with Crippen LogP contribution in [-0.2, 0) is 4.74 Å². The summed E-state index contributed by atoms with van der Waals surface area (Å²) >= 11 is 6.18. The zero-order valence-corrected chi connectivity index (χ0v) is 14.0. The van der Waals surface area contributed by atoms with Crippen molar-refractivity contribution in [3.63, 3.8) is 0 Å². The number of hydrogen-bond acceptors (Lipinski definition) is 3. The Labute approximate surface area is 145 Å². The van der Waals surface area contributed by atoms with E-state index in [2.05, 4.69) is 11.6 Å². The minimum absolute atomic E-state index is 0.153. The summed E-state index contributed by atoms with van der Waals surface area (Å²) in [5.41, 5.74) is 3.57. The molecule has 0 unspecified atom stereocenters. The molecule has 0 aliphatic carbocycles. The first-order chi connectivity index (χ1) is 11.6. The van der Waals surface area contributed by atoms with Crippen molar-refractivity contribution >= 4 is 28.5 Å². The van der Waals surface area contributed by atoms with Crippen molar-refractivity contribution in [3.8, 4) is 11.1 Å². The monoisotopic (exact) mass is 337 g/mol. The van der Waals surface area contributed by atoms with Crippen LogP contribution in [0.1, 0.15) is 16.1 Å². The van der Waals surface area contributed by atoms with Gasteiger partial charge in [-0.2, -0.15) is 0 Å². The predicted molar refractivity (Wildman–Crippen MR) is 97.4 cm³/mol. The second-order valence-corrected chi connectivity index (χ2v) is 5.80. The molecule has 4 heteroatoms. The molecule has 0 atom stereocenters. The van der Waals surface area contributed by atoms with Gasteiger partial charge in [-0.25, -0.2) is 4.79 Å². The number of carbonyl (C=O) groups is 1. The molecule has 3 aromatic rings. The molecule has 3 rings (SSSR count). The highest BCUT2D eigenvalue weighted by Crippen LogP contribution is 2.34. The average molecular weight is 338 g/mol. The Balaban J connectivity index is 2.35. The Bertz CT molecular complexity index is 920. The number of benzene rings is 2. The molecule has 0 amide bonds. The highest BCUT2D eigenvalue weighted by Gasteiger charge is 2.21. The van der Waals surface area contributed by atoms with E-state index >= 15 is 0 Å². The van der Waals surface area contributed by atoms with Crippen LogP contribution in [0.25, 0.3) is 22.0 Å². The smallest absolute Gasteiger partial charge is 0.340 e. The number of carbonyl (C=O) groups excluding carboxylic acids is 1. The topological polar surface area (TPSA) is 39.2 Å². The summed E-state index contributed by atoms with van der Waals surface area (Å²) in [6.45, 7) is 5.54. The van der Waals surface area contributed by atoms with Crippen molar-refractivity contribution in [1.82, 2.24) is 4.98 Å². The van der Waals surface area contributed by atoms with Crippen LogP contribution in [-0.4, -0.2) is 17.6 Å². The van der Waals surface area contributed by atoms with Gasteiger partial charge in [0.1, 0.15) is 6.61 Å². The molecule has 1 aromatic heterocycles. The van der Waals surface area contributed by atoms with Crippen LogP contribution in [0.5, 0.6) is 0 Å². The van der Waals surface area contributed by atoms with Gasteiger partial charge >= 0.3 is 5.97 Å². The fourth-order valence-corrected chi connectivity index (χ4v) is 2.89. The lowest BCUT2D eigenvalue weighted by molar-refractivity contribution is 0.0549. The molecule has 0 aliphatic rings. The summed E-state index contributed by atoms with van der Waals surface area (Å²) in [6.07, 6.45) is 1.54. The van der Waals surface area contributed by atoms with Crippen molar-refractivity contribution in [2.75, 3.05) is 6.61 Å². The first-order valence-corrected chi connectivity index (χ1v) is 7.93. The molecule has 0 saturated heterocycles. The summed E-state index contributed by atoms with van der Waals surface area (Å²) in [7, 11) is 0. The van der Waals surface area contributed by atoms with Crippen LogP contribution in [0, 0.1) is 6.92 Å². The minimum Gasteiger partial charge on any atom is -0.458 e. The van der Waals surface area contributed by atoms with Crippen LogP contribution >= 0.6 is 11.6 Å². The Hall–Kier alpha value is -2.65. The highest BCUT2D eigenvalue weighted by atomic mass is 35.5. The lowest BCUT2D eigenvalue weighted by atomic mass is 9.94. The second-order valence-electron chi connectivity index (χ2n) is 5.36. The summed E-state index contributed by atoms with van der Waals surface area (Å²) in [5.74, 6) is -0.416. The maximum Gasteiger partial charge on any atom is 0.340 e. The van der Waals surface area contributed by atoms with Gasteiger partial charge in [-0.1, -0.05) is 54.6 Å². The van der Waals surface area contributed by atoms with E-state index in [1.807, 2.05) is 49.4 Å². The largest absolute Gasteiger partial charge is 0.458 e. The molecule has 120 valence electrons. The predicted octanol–water partition coefficient (Wildman–Crippen LogP) is 5.21. The van der Waals surface area contributed by atoms with Gasteiger partial charge in [0.25, 0.3) is 0 Å². The van der Waals surface area contributed by atoms with E-state index in [-0.39, 0.29) is 6.61 Å². The molecule has 1 heterocycles. The standard InChI is InChI=1S/C20H16ClNO2/c1-3-11-24-20(23)18-13(2)22-17-10-9-15(21)12-16(17)19(18)14-7-5-4-6-8-14/h3-10,12H,1,11H2,2H3. The van der Waals surface area contributed by atoms with Crippen molar-refractivity contribution in [2.45, 2.75) is 6.92 Å². The lowest BCUT2D eigenvalue weighted by Crippen LogP contribution is -2.11. The van der Waals surface area contributed by atoms with Crippen molar-refractivity contribution < 1.29 is 9.53 Å². The summed E-state index contributed by atoms with van der Waals surface area (Å²) in [6, 6.07) is 15.2. The number of aromatic nitrogens is 1. The first kappa shape index (κ1) is 16.2. The van der Waals surface area contributed by atoms with E-state index in [1.165, 1.54) is 0 Å². The third kappa shape index (κ3) is 3.03. The van der Waals surface area contributed by atoms with Gasteiger partial charge in [-0.15, -0.1) is 0 Å². The van der Waals surface area contributed by atoms with Gasteiger partial charge < -0.3 is 4.74 Å². The molecular formula is C20H16ClNO2. The van der Waals surface area contributed by atoms with E-state index in [4.69, 9.17) is 16.3 Å². The SMILES string of the molecule is C=CCOC(=O)c1c(C)nc2ccc(Cl)cc2c1-c1ccccc1. The van der Waals surface area contributed by atoms with Gasteiger partial charge in [0.05, 0.1) is 16.8 Å². The number of fused-ring (bicyclic) bond motifs is 1. The Kier molecular flexibility index (Phi) is 4.63. The fraction of sp³-hybridized carbons (Fsp3) is 0.100. The van der Waals surface area contributed by atoms with Crippen molar-refractivity contribution in [1.29, 1.82) is 0 Å². The number of pyridine rings is 1. The first-order valence-electron chi connectivity index (χ1n) is 7.55.